The van der Waals surface area contributed by atoms with Crippen LogP contribution >= 0.6 is 11.6 Å². The molecule has 0 unspecified atom stereocenters. The lowest BCUT2D eigenvalue weighted by Crippen LogP contribution is -2.10. The molecular formula is C12H18ClNO2S. The number of sulfone groups is 1. The van der Waals surface area contributed by atoms with Crippen molar-refractivity contribution in [1.29, 1.82) is 0 Å². The summed E-state index contributed by atoms with van der Waals surface area (Å²) in [5.41, 5.74) is 5.90. The van der Waals surface area contributed by atoms with Gasteiger partial charge in [-0.25, -0.2) is 8.42 Å². The van der Waals surface area contributed by atoms with Crippen LogP contribution in [0.4, 0.5) is 5.69 Å². The Balaban J connectivity index is 2.90. The number of anilines is 1. The van der Waals surface area contributed by atoms with Gasteiger partial charge in [0.2, 0.25) is 0 Å². The van der Waals surface area contributed by atoms with Gasteiger partial charge in [-0.3, -0.25) is 0 Å². The lowest BCUT2D eigenvalue weighted by Gasteiger charge is -2.10. The first-order valence-corrected chi connectivity index (χ1v) is 7.64. The van der Waals surface area contributed by atoms with E-state index in [0.717, 1.165) is 6.42 Å². The zero-order valence-electron chi connectivity index (χ0n) is 10.1. The minimum Gasteiger partial charge on any atom is -0.398 e. The molecule has 0 bridgehead atoms. The first-order chi connectivity index (χ1) is 7.84. The summed E-state index contributed by atoms with van der Waals surface area (Å²) in [6.07, 6.45) is 1.51. The van der Waals surface area contributed by atoms with Gasteiger partial charge in [0.1, 0.15) is 4.90 Å². The van der Waals surface area contributed by atoms with E-state index < -0.39 is 9.84 Å². The standard InChI is InChI=1S/C12H18ClNO2S/c1-9(2)5-4-8-17(15,16)12-10(13)6-3-7-11(12)14/h3,6-7,9H,4-5,8,14H2,1-2H3. The number of nitrogens with two attached hydrogens (primary N) is 1. The molecule has 0 saturated heterocycles. The van der Waals surface area contributed by atoms with Gasteiger partial charge < -0.3 is 5.73 Å². The molecule has 0 aliphatic rings. The fraction of sp³-hybridized carbons (Fsp3) is 0.500. The molecule has 0 fully saturated rings. The number of rotatable bonds is 5. The van der Waals surface area contributed by atoms with Crippen LogP contribution in [0.1, 0.15) is 26.7 Å². The monoisotopic (exact) mass is 275 g/mol. The van der Waals surface area contributed by atoms with Crippen LogP contribution in [0, 0.1) is 5.92 Å². The van der Waals surface area contributed by atoms with Crippen LogP contribution in [0.25, 0.3) is 0 Å². The maximum absolute atomic E-state index is 12.1. The Labute approximate surface area is 108 Å². The lowest BCUT2D eigenvalue weighted by atomic mass is 10.1. The maximum Gasteiger partial charge on any atom is 0.181 e. The van der Waals surface area contributed by atoms with Crippen LogP contribution < -0.4 is 5.73 Å². The zero-order chi connectivity index (χ0) is 13.1. The summed E-state index contributed by atoms with van der Waals surface area (Å²) in [7, 11) is -3.37. The second-order valence-corrected chi connectivity index (χ2v) is 6.97. The average Bonchev–Trinajstić information content (AvgIpc) is 2.15. The third-order valence-electron chi connectivity index (χ3n) is 2.50. The van der Waals surface area contributed by atoms with Gasteiger partial charge in [-0.2, -0.15) is 0 Å². The molecule has 0 aliphatic carbocycles. The number of benzene rings is 1. The molecule has 0 spiro atoms. The highest BCUT2D eigenvalue weighted by Gasteiger charge is 2.20. The van der Waals surface area contributed by atoms with E-state index in [4.69, 9.17) is 17.3 Å². The number of hydrogen-bond donors (Lipinski definition) is 1. The highest BCUT2D eigenvalue weighted by atomic mass is 35.5. The predicted octanol–water partition coefficient (Wildman–Crippen LogP) is 3.13. The van der Waals surface area contributed by atoms with E-state index in [0.29, 0.717) is 12.3 Å². The molecule has 1 aromatic rings. The van der Waals surface area contributed by atoms with Crippen LogP contribution in [0.15, 0.2) is 23.1 Å². The van der Waals surface area contributed by atoms with E-state index in [1.165, 1.54) is 0 Å². The van der Waals surface area contributed by atoms with E-state index in [9.17, 15) is 8.42 Å². The van der Waals surface area contributed by atoms with Crippen molar-refractivity contribution in [3.05, 3.63) is 23.2 Å². The molecule has 1 aromatic carbocycles. The summed E-state index contributed by atoms with van der Waals surface area (Å²) in [5, 5.41) is 0.203. The molecule has 0 amide bonds. The normalized spacial score (nSPS) is 12.0. The SMILES string of the molecule is CC(C)CCCS(=O)(=O)c1c(N)cccc1Cl. The van der Waals surface area contributed by atoms with E-state index in [-0.39, 0.29) is 21.4 Å². The van der Waals surface area contributed by atoms with Crippen molar-refractivity contribution in [2.45, 2.75) is 31.6 Å². The van der Waals surface area contributed by atoms with E-state index in [1.54, 1.807) is 18.2 Å². The van der Waals surface area contributed by atoms with E-state index in [2.05, 4.69) is 13.8 Å². The summed E-state index contributed by atoms with van der Waals surface area (Å²) in [6, 6.07) is 4.75. The summed E-state index contributed by atoms with van der Waals surface area (Å²) < 4.78 is 24.2. The van der Waals surface area contributed by atoms with Gasteiger partial charge in [0.15, 0.2) is 9.84 Å². The largest absolute Gasteiger partial charge is 0.398 e. The summed E-state index contributed by atoms with van der Waals surface area (Å²) >= 11 is 5.90. The van der Waals surface area contributed by atoms with Crippen LogP contribution in [0.3, 0.4) is 0 Å². The molecule has 17 heavy (non-hydrogen) atoms. The third kappa shape index (κ3) is 3.89. The Morgan fingerprint density at radius 1 is 1.35 bits per heavy atom. The van der Waals surface area contributed by atoms with Crippen LogP contribution in [-0.4, -0.2) is 14.2 Å². The fourth-order valence-electron chi connectivity index (χ4n) is 1.64. The van der Waals surface area contributed by atoms with Crippen molar-refractivity contribution in [2.75, 3.05) is 11.5 Å². The van der Waals surface area contributed by atoms with Crippen molar-refractivity contribution in [3.8, 4) is 0 Å². The molecule has 3 nitrogen and oxygen atoms in total. The van der Waals surface area contributed by atoms with Gasteiger partial charge in [0.05, 0.1) is 16.5 Å². The molecule has 1 rings (SSSR count). The second kappa shape index (κ2) is 5.74. The summed E-state index contributed by atoms with van der Waals surface area (Å²) in [6.45, 7) is 4.13. The Bertz CT molecular complexity index is 463. The number of halogens is 1. The van der Waals surface area contributed by atoms with Gasteiger partial charge in [-0.1, -0.05) is 31.5 Å². The Morgan fingerprint density at radius 3 is 2.53 bits per heavy atom. The Kier molecular flexibility index (Phi) is 4.83. The van der Waals surface area contributed by atoms with Gasteiger partial charge in [0.25, 0.3) is 0 Å². The van der Waals surface area contributed by atoms with Crippen molar-refractivity contribution >= 4 is 27.1 Å². The first kappa shape index (κ1) is 14.3. The van der Waals surface area contributed by atoms with Crippen molar-refractivity contribution in [3.63, 3.8) is 0 Å². The molecule has 0 aromatic heterocycles. The minimum absolute atomic E-state index is 0.0745. The number of nitrogen functional groups attached to an aromatic ring is 1. The molecule has 0 radical (unpaired) electrons. The Morgan fingerprint density at radius 2 is 2.00 bits per heavy atom. The predicted molar refractivity (Wildman–Crippen MR) is 72.0 cm³/mol. The minimum atomic E-state index is -3.37. The highest BCUT2D eigenvalue weighted by molar-refractivity contribution is 7.91. The highest BCUT2D eigenvalue weighted by Crippen LogP contribution is 2.28. The molecule has 96 valence electrons. The van der Waals surface area contributed by atoms with Crippen molar-refractivity contribution in [1.82, 2.24) is 0 Å². The quantitative estimate of drug-likeness (QED) is 0.840. The maximum atomic E-state index is 12.1. The molecule has 0 atom stereocenters. The molecule has 0 heterocycles. The van der Waals surface area contributed by atoms with Crippen LogP contribution in [0.2, 0.25) is 5.02 Å². The van der Waals surface area contributed by atoms with E-state index in [1.807, 2.05) is 0 Å². The van der Waals surface area contributed by atoms with Crippen molar-refractivity contribution < 1.29 is 8.42 Å². The summed E-state index contributed by atoms with van der Waals surface area (Å²) in [5.74, 6) is 0.591. The van der Waals surface area contributed by atoms with Gasteiger partial charge >= 0.3 is 0 Å². The fourth-order valence-corrected chi connectivity index (χ4v) is 3.71. The van der Waals surface area contributed by atoms with Crippen LogP contribution in [0.5, 0.6) is 0 Å². The molecule has 0 aliphatic heterocycles. The molecule has 2 N–H and O–H groups in total. The molecular weight excluding hydrogens is 258 g/mol. The zero-order valence-corrected chi connectivity index (χ0v) is 11.7. The lowest BCUT2D eigenvalue weighted by molar-refractivity contribution is 0.560. The van der Waals surface area contributed by atoms with E-state index >= 15 is 0 Å². The molecule has 5 heteroatoms. The van der Waals surface area contributed by atoms with Gasteiger partial charge in [-0.15, -0.1) is 0 Å². The summed E-state index contributed by atoms with van der Waals surface area (Å²) in [4.78, 5) is 0.0745. The van der Waals surface area contributed by atoms with Crippen molar-refractivity contribution in [2.24, 2.45) is 5.92 Å². The second-order valence-electron chi connectivity index (χ2n) is 4.51. The third-order valence-corrected chi connectivity index (χ3v) is 4.83. The van der Waals surface area contributed by atoms with Gasteiger partial charge in [-0.05, 0) is 30.9 Å². The number of hydrogen-bond acceptors (Lipinski definition) is 3. The Hall–Kier alpha value is -0.740. The smallest absolute Gasteiger partial charge is 0.181 e. The van der Waals surface area contributed by atoms with Crippen LogP contribution in [-0.2, 0) is 9.84 Å². The topological polar surface area (TPSA) is 60.2 Å². The van der Waals surface area contributed by atoms with Gasteiger partial charge in [0, 0.05) is 0 Å². The molecule has 0 saturated carbocycles. The average molecular weight is 276 g/mol. The first-order valence-electron chi connectivity index (χ1n) is 5.61.